The van der Waals surface area contributed by atoms with Gasteiger partial charge in [0.1, 0.15) is 4.88 Å². The second-order valence-corrected chi connectivity index (χ2v) is 7.37. The number of amides is 1. The monoisotopic (exact) mass is 362 g/mol. The van der Waals surface area contributed by atoms with E-state index in [1.165, 1.54) is 0 Å². The van der Waals surface area contributed by atoms with Gasteiger partial charge in [0.25, 0.3) is 5.91 Å². The van der Waals surface area contributed by atoms with E-state index in [4.69, 9.17) is 4.74 Å². The van der Waals surface area contributed by atoms with Gasteiger partial charge in [0.2, 0.25) is 5.88 Å². The smallest absolute Gasteiger partial charge is 0.265 e. The second-order valence-electron chi connectivity index (χ2n) is 6.61. The number of ether oxygens (including phenoxy) is 1. The van der Waals surface area contributed by atoms with Crippen molar-refractivity contribution in [3.63, 3.8) is 0 Å². The standard InChI is InChI=1S/C17H22N4O3S/c1-9(2)14-16(25-21-20-14)17(23)19-15(11-6-12(22)7-11)10-4-5-13(24-3)18-8-10/h4-5,8-9,11-12,15,22H,6-7H2,1-3H3,(H,19,23)/t11?,12?,15-/m0/s1. The molecule has 0 aromatic carbocycles. The van der Waals surface area contributed by atoms with Gasteiger partial charge in [0.05, 0.1) is 24.9 Å². The maximum absolute atomic E-state index is 12.8. The van der Waals surface area contributed by atoms with Gasteiger partial charge in [-0.25, -0.2) is 4.98 Å². The number of aliphatic hydroxyl groups excluding tert-OH is 1. The summed E-state index contributed by atoms with van der Waals surface area (Å²) < 4.78 is 9.02. The number of aromatic nitrogens is 3. The van der Waals surface area contributed by atoms with Crippen LogP contribution in [-0.4, -0.2) is 38.8 Å². The number of nitrogens with one attached hydrogen (secondary N) is 1. The summed E-state index contributed by atoms with van der Waals surface area (Å²) >= 11 is 1.11. The van der Waals surface area contributed by atoms with Crippen molar-refractivity contribution >= 4 is 17.4 Å². The maximum atomic E-state index is 12.8. The topological polar surface area (TPSA) is 97.2 Å². The third-order valence-electron chi connectivity index (χ3n) is 4.50. The normalized spacial score (nSPS) is 20.8. The number of hydrogen-bond acceptors (Lipinski definition) is 7. The summed E-state index contributed by atoms with van der Waals surface area (Å²) in [4.78, 5) is 17.6. The first kappa shape index (κ1) is 17.8. The van der Waals surface area contributed by atoms with E-state index >= 15 is 0 Å². The van der Waals surface area contributed by atoms with Gasteiger partial charge in [-0.1, -0.05) is 24.4 Å². The summed E-state index contributed by atoms with van der Waals surface area (Å²) in [5.74, 6) is 0.654. The van der Waals surface area contributed by atoms with Gasteiger partial charge in [-0.15, -0.1) is 5.10 Å². The van der Waals surface area contributed by atoms with Gasteiger partial charge in [-0.3, -0.25) is 4.79 Å². The van der Waals surface area contributed by atoms with Crippen molar-refractivity contribution in [1.29, 1.82) is 0 Å². The van der Waals surface area contributed by atoms with E-state index in [2.05, 4.69) is 19.9 Å². The van der Waals surface area contributed by atoms with Gasteiger partial charge < -0.3 is 15.2 Å². The van der Waals surface area contributed by atoms with E-state index in [0.29, 0.717) is 29.3 Å². The van der Waals surface area contributed by atoms with Crippen LogP contribution >= 0.6 is 11.5 Å². The third kappa shape index (κ3) is 3.80. The largest absolute Gasteiger partial charge is 0.481 e. The number of carbonyl (C=O) groups is 1. The van der Waals surface area contributed by atoms with E-state index in [1.54, 1.807) is 19.4 Å². The Bertz CT molecular complexity index is 726. The molecular weight excluding hydrogens is 340 g/mol. The number of aliphatic hydroxyl groups is 1. The predicted molar refractivity (Wildman–Crippen MR) is 93.7 cm³/mol. The molecule has 1 aliphatic rings. The first-order valence-corrected chi connectivity index (χ1v) is 9.08. The molecular formula is C17H22N4O3S. The van der Waals surface area contributed by atoms with Gasteiger partial charge >= 0.3 is 0 Å². The lowest BCUT2D eigenvalue weighted by atomic mass is 9.75. The highest BCUT2D eigenvalue weighted by molar-refractivity contribution is 7.08. The molecule has 1 fully saturated rings. The van der Waals surface area contributed by atoms with Crippen LogP contribution in [0.1, 0.15) is 59.6 Å². The van der Waals surface area contributed by atoms with Crippen molar-refractivity contribution in [1.82, 2.24) is 19.9 Å². The molecule has 2 N–H and O–H groups in total. The molecule has 2 heterocycles. The Balaban J connectivity index is 1.82. The summed E-state index contributed by atoms with van der Waals surface area (Å²) in [6, 6.07) is 3.46. The lowest BCUT2D eigenvalue weighted by Crippen LogP contribution is -2.41. The van der Waals surface area contributed by atoms with Crippen LogP contribution in [0.2, 0.25) is 0 Å². The van der Waals surface area contributed by atoms with Crippen LogP contribution in [0.25, 0.3) is 0 Å². The molecule has 2 aromatic heterocycles. The van der Waals surface area contributed by atoms with Crippen LogP contribution in [0, 0.1) is 5.92 Å². The van der Waals surface area contributed by atoms with Crippen molar-refractivity contribution in [3.05, 3.63) is 34.5 Å². The number of methoxy groups -OCH3 is 1. The molecule has 8 heteroatoms. The molecule has 134 valence electrons. The Labute approximate surface area is 150 Å². The number of carbonyl (C=O) groups excluding carboxylic acids is 1. The zero-order valence-corrected chi connectivity index (χ0v) is 15.3. The molecule has 3 rings (SSSR count). The number of pyridine rings is 1. The fourth-order valence-corrected chi connectivity index (χ4v) is 3.73. The lowest BCUT2D eigenvalue weighted by Gasteiger charge is -2.38. The van der Waals surface area contributed by atoms with Gasteiger partial charge in [0.15, 0.2) is 0 Å². The van der Waals surface area contributed by atoms with E-state index in [1.807, 2.05) is 19.9 Å². The van der Waals surface area contributed by atoms with Crippen molar-refractivity contribution in [2.45, 2.75) is 44.8 Å². The van der Waals surface area contributed by atoms with Crippen LogP contribution in [0.3, 0.4) is 0 Å². The number of rotatable bonds is 6. The fourth-order valence-electron chi connectivity index (χ4n) is 3.01. The molecule has 0 spiro atoms. The van der Waals surface area contributed by atoms with Gasteiger partial charge in [0, 0.05) is 12.3 Å². The molecule has 1 atom stereocenters. The highest BCUT2D eigenvalue weighted by atomic mass is 32.1. The highest BCUT2D eigenvalue weighted by Gasteiger charge is 2.36. The zero-order valence-electron chi connectivity index (χ0n) is 14.5. The van der Waals surface area contributed by atoms with E-state index in [0.717, 1.165) is 17.1 Å². The summed E-state index contributed by atoms with van der Waals surface area (Å²) in [5, 5.41) is 16.8. The molecule has 25 heavy (non-hydrogen) atoms. The fraction of sp³-hybridized carbons (Fsp3) is 0.529. The summed E-state index contributed by atoms with van der Waals surface area (Å²) in [6.45, 7) is 3.97. The third-order valence-corrected chi connectivity index (χ3v) is 5.24. The minimum atomic E-state index is -0.299. The summed E-state index contributed by atoms with van der Waals surface area (Å²) in [6.07, 6.45) is 2.74. The van der Waals surface area contributed by atoms with Gasteiger partial charge in [-0.2, -0.15) is 0 Å². The summed E-state index contributed by atoms with van der Waals surface area (Å²) in [5.41, 5.74) is 1.61. The molecule has 0 aliphatic heterocycles. The zero-order chi connectivity index (χ0) is 18.0. The van der Waals surface area contributed by atoms with Gasteiger partial charge in [-0.05, 0) is 41.8 Å². The Kier molecular flexibility index (Phi) is 5.29. The van der Waals surface area contributed by atoms with Crippen LogP contribution in [0.4, 0.5) is 0 Å². The summed E-state index contributed by atoms with van der Waals surface area (Å²) in [7, 11) is 1.56. The lowest BCUT2D eigenvalue weighted by molar-refractivity contribution is 0.0235. The van der Waals surface area contributed by atoms with E-state index < -0.39 is 0 Å². The van der Waals surface area contributed by atoms with Crippen LogP contribution in [0.15, 0.2) is 18.3 Å². The van der Waals surface area contributed by atoms with Crippen molar-refractivity contribution < 1.29 is 14.6 Å². The molecule has 0 bridgehead atoms. The average Bonchev–Trinajstić information content (AvgIpc) is 3.07. The Morgan fingerprint density at radius 1 is 1.40 bits per heavy atom. The number of nitrogens with zero attached hydrogens (tertiary/aromatic N) is 3. The minimum Gasteiger partial charge on any atom is -0.481 e. The molecule has 2 aromatic rings. The number of hydrogen-bond donors (Lipinski definition) is 2. The Morgan fingerprint density at radius 3 is 2.72 bits per heavy atom. The molecule has 0 radical (unpaired) electrons. The molecule has 1 saturated carbocycles. The predicted octanol–water partition coefficient (Wildman–Crippen LogP) is 2.31. The molecule has 0 unspecified atom stereocenters. The first-order chi connectivity index (χ1) is 12.0. The maximum Gasteiger partial charge on any atom is 0.265 e. The van der Waals surface area contributed by atoms with Crippen LogP contribution in [-0.2, 0) is 0 Å². The van der Waals surface area contributed by atoms with Crippen LogP contribution < -0.4 is 10.1 Å². The molecule has 7 nitrogen and oxygen atoms in total. The van der Waals surface area contributed by atoms with Crippen molar-refractivity contribution in [2.75, 3.05) is 7.11 Å². The van der Waals surface area contributed by atoms with E-state index in [-0.39, 0.29) is 29.9 Å². The average molecular weight is 362 g/mol. The van der Waals surface area contributed by atoms with Crippen LogP contribution in [0.5, 0.6) is 5.88 Å². The quantitative estimate of drug-likeness (QED) is 0.818. The van der Waals surface area contributed by atoms with Crippen molar-refractivity contribution in [3.8, 4) is 5.88 Å². The van der Waals surface area contributed by atoms with Crippen molar-refractivity contribution in [2.24, 2.45) is 5.92 Å². The SMILES string of the molecule is COc1ccc([C@H](NC(=O)c2snnc2C(C)C)C2CC(O)C2)cn1. The Morgan fingerprint density at radius 2 is 2.16 bits per heavy atom. The van der Waals surface area contributed by atoms with E-state index in [9.17, 15) is 9.90 Å². The second kappa shape index (κ2) is 7.45. The molecule has 0 saturated heterocycles. The Hall–Kier alpha value is -2.06. The highest BCUT2D eigenvalue weighted by Crippen LogP contribution is 2.38. The first-order valence-electron chi connectivity index (χ1n) is 8.30. The minimum absolute atomic E-state index is 0.131. The molecule has 1 aliphatic carbocycles. The molecule has 1 amide bonds.